The number of halogens is 2. The van der Waals surface area contributed by atoms with E-state index in [0.717, 1.165) is 0 Å². The lowest BCUT2D eigenvalue weighted by Gasteiger charge is -1.93. The molecule has 0 saturated heterocycles. The van der Waals surface area contributed by atoms with Crippen LogP contribution in [0.15, 0.2) is 18.3 Å². The minimum absolute atomic E-state index is 0.283. The molecule has 0 aliphatic carbocycles. The molecule has 1 heterocycles. The van der Waals surface area contributed by atoms with Crippen molar-refractivity contribution in [2.75, 3.05) is 0 Å². The number of allylic oxidation sites excluding steroid dienone is 2. The lowest BCUT2D eigenvalue weighted by molar-refractivity contribution is 0.748. The fraction of sp³-hybridized carbons (Fsp3) is 0.125. The standard InChI is InChI=1S/C8H9FIN2P/c1-3-4-7(9)8-6(2)5-11-12(8)13-10/h3-5,13H,2H2,1H3/b4-3-,8-7-. The monoisotopic (exact) mass is 310 g/mol. The second-order valence-electron chi connectivity index (χ2n) is 2.36. The molecule has 1 unspecified atom stereocenters. The van der Waals surface area contributed by atoms with Crippen LogP contribution in [0, 0.1) is 0 Å². The molecule has 0 N–H and O–H groups in total. The van der Waals surface area contributed by atoms with Crippen molar-refractivity contribution in [2.45, 2.75) is 6.92 Å². The SMILES string of the molecule is C=c1cnn(PI)/c1=C(F)/C=C\C. The highest BCUT2D eigenvalue weighted by molar-refractivity contribution is 14.2. The summed E-state index contributed by atoms with van der Waals surface area (Å²) in [5, 5.41) is 5.10. The van der Waals surface area contributed by atoms with Crippen LogP contribution in [0.3, 0.4) is 0 Å². The van der Waals surface area contributed by atoms with Gasteiger partial charge in [-0.05, 0) is 35.0 Å². The summed E-state index contributed by atoms with van der Waals surface area (Å²) in [6, 6.07) is 0. The number of hydrogen-bond acceptors (Lipinski definition) is 1. The summed E-state index contributed by atoms with van der Waals surface area (Å²) in [5.41, 5.74) is 0. The molecule has 0 spiro atoms. The maximum absolute atomic E-state index is 13.4. The molecule has 1 atom stereocenters. The van der Waals surface area contributed by atoms with E-state index < -0.39 is 0 Å². The highest BCUT2D eigenvalue weighted by atomic mass is 127. The van der Waals surface area contributed by atoms with Gasteiger partial charge in [-0.25, -0.2) is 8.84 Å². The molecule has 0 aliphatic rings. The Morgan fingerprint density at radius 1 is 1.85 bits per heavy atom. The van der Waals surface area contributed by atoms with Gasteiger partial charge >= 0.3 is 0 Å². The normalized spacial score (nSPS) is 14.7. The molecular weight excluding hydrogens is 301 g/mol. The summed E-state index contributed by atoms with van der Waals surface area (Å²) in [4.78, 5) is 0. The van der Waals surface area contributed by atoms with Crippen molar-refractivity contribution in [1.29, 1.82) is 0 Å². The van der Waals surface area contributed by atoms with E-state index in [1.165, 1.54) is 6.08 Å². The molecule has 0 bridgehead atoms. The van der Waals surface area contributed by atoms with Gasteiger partial charge < -0.3 is 0 Å². The topological polar surface area (TPSA) is 17.8 Å². The van der Waals surface area contributed by atoms with Crippen molar-refractivity contribution in [2.24, 2.45) is 0 Å². The van der Waals surface area contributed by atoms with Gasteiger partial charge in [-0.2, -0.15) is 5.10 Å². The van der Waals surface area contributed by atoms with Gasteiger partial charge in [0, 0.05) is 5.22 Å². The summed E-state index contributed by atoms with van der Waals surface area (Å²) in [7, 11) is 0. The summed E-state index contributed by atoms with van der Waals surface area (Å²) in [6.07, 6.45) is 5.03. The van der Waals surface area contributed by atoms with E-state index in [4.69, 9.17) is 0 Å². The Labute approximate surface area is 90.5 Å². The number of rotatable bonds is 2. The highest BCUT2D eigenvalue weighted by Gasteiger charge is 1.99. The molecule has 0 aliphatic heterocycles. The van der Waals surface area contributed by atoms with E-state index in [1.807, 2.05) is 0 Å². The summed E-state index contributed by atoms with van der Waals surface area (Å²) < 4.78 is 15.0. The molecule has 5 heteroatoms. The fourth-order valence-corrected chi connectivity index (χ4v) is 2.46. The molecular formula is C8H9FIN2P. The molecule has 0 saturated carbocycles. The van der Waals surface area contributed by atoms with E-state index in [1.54, 1.807) is 23.6 Å². The van der Waals surface area contributed by atoms with E-state index in [-0.39, 0.29) is 5.83 Å². The van der Waals surface area contributed by atoms with Crippen molar-refractivity contribution in [3.05, 3.63) is 28.9 Å². The third kappa shape index (κ3) is 2.38. The molecule has 1 aromatic heterocycles. The maximum Gasteiger partial charge on any atom is 0.149 e. The largest absolute Gasteiger partial charge is 0.235 e. The molecule has 70 valence electrons. The van der Waals surface area contributed by atoms with Crippen LogP contribution in [-0.2, 0) is 0 Å². The van der Waals surface area contributed by atoms with Crippen LogP contribution in [-0.4, -0.2) is 9.55 Å². The molecule has 1 aromatic rings. The van der Waals surface area contributed by atoms with Crippen molar-refractivity contribution in [3.8, 4) is 0 Å². The van der Waals surface area contributed by atoms with Crippen LogP contribution in [0.1, 0.15) is 6.92 Å². The Morgan fingerprint density at radius 2 is 2.54 bits per heavy atom. The van der Waals surface area contributed by atoms with Gasteiger partial charge in [0.1, 0.15) is 11.2 Å². The Morgan fingerprint density at radius 3 is 3.08 bits per heavy atom. The number of nitrogens with zero attached hydrogens (tertiary/aromatic N) is 2. The highest BCUT2D eigenvalue weighted by Crippen LogP contribution is 2.18. The van der Waals surface area contributed by atoms with Gasteiger partial charge in [0.15, 0.2) is 0 Å². The maximum atomic E-state index is 13.4. The predicted octanol–water partition coefficient (Wildman–Crippen LogP) is 1.74. The van der Waals surface area contributed by atoms with Gasteiger partial charge in [0.25, 0.3) is 0 Å². The Kier molecular flexibility index (Phi) is 4.06. The van der Waals surface area contributed by atoms with E-state index in [9.17, 15) is 4.39 Å². The smallest absolute Gasteiger partial charge is 0.149 e. The summed E-state index contributed by atoms with van der Waals surface area (Å²) in [5.74, 6) is -0.283. The molecule has 0 radical (unpaired) electrons. The third-order valence-electron chi connectivity index (χ3n) is 1.46. The van der Waals surface area contributed by atoms with E-state index in [0.29, 0.717) is 16.9 Å². The van der Waals surface area contributed by atoms with E-state index in [2.05, 4.69) is 33.7 Å². The van der Waals surface area contributed by atoms with Gasteiger partial charge in [0.2, 0.25) is 0 Å². The van der Waals surface area contributed by atoms with Crippen LogP contribution in [0.5, 0.6) is 0 Å². The van der Waals surface area contributed by atoms with Crippen molar-refractivity contribution < 1.29 is 4.39 Å². The summed E-state index contributed by atoms with van der Waals surface area (Å²) >= 11 is 2.15. The number of aromatic nitrogens is 2. The Balaban J connectivity index is 3.49. The zero-order chi connectivity index (χ0) is 9.84. The average Bonchev–Trinajstić information content (AvgIpc) is 2.47. The molecule has 0 amide bonds. The second-order valence-corrected chi connectivity index (χ2v) is 4.40. The van der Waals surface area contributed by atoms with Crippen molar-refractivity contribution >= 4 is 40.8 Å². The zero-order valence-electron chi connectivity index (χ0n) is 7.09. The molecule has 1 rings (SSSR count). The molecule has 2 nitrogen and oxygen atoms in total. The van der Waals surface area contributed by atoms with Crippen LogP contribution in [0.2, 0.25) is 0 Å². The van der Waals surface area contributed by atoms with E-state index >= 15 is 0 Å². The van der Waals surface area contributed by atoms with Gasteiger partial charge in [-0.1, -0.05) is 12.7 Å². The first-order valence-electron chi connectivity index (χ1n) is 3.62. The van der Waals surface area contributed by atoms with Crippen molar-refractivity contribution in [3.63, 3.8) is 0 Å². The molecule has 0 fully saturated rings. The first-order chi connectivity index (χ1) is 6.20. The van der Waals surface area contributed by atoms with Crippen LogP contribution in [0.25, 0.3) is 12.4 Å². The lowest BCUT2D eigenvalue weighted by Crippen LogP contribution is -2.26. The minimum atomic E-state index is -0.283. The predicted molar refractivity (Wildman–Crippen MR) is 64.1 cm³/mol. The lowest BCUT2D eigenvalue weighted by atomic mass is 10.4. The summed E-state index contributed by atoms with van der Waals surface area (Å²) in [6.45, 7) is 5.49. The minimum Gasteiger partial charge on any atom is -0.235 e. The van der Waals surface area contributed by atoms with Crippen molar-refractivity contribution in [1.82, 2.24) is 9.55 Å². The van der Waals surface area contributed by atoms with Gasteiger partial charge in [-0.3, -0.25) is 0 Å². The molecule has 0 aromatic carbocycles. The van der Waals surface area contributed by atoms with Crippen LogP contribution < -0.4 is 10.6 Å². The van der Waals surface area contributed by atoms with Gasteiger partial charge in [0.05, 0.1) is 12.6 Å². The number of hydrogen-bond donors (Lipinski definition) is 0. The van der Waals surface area contributed by atoms with Gasteiger partial charge in [-0.15, -0.1) is 0 Å². The molecule has 13 heavy (non-hydrogen) atoms. The zero-order valence-corrected chi connectivity index (χ0v) is 10.2. The fourth-order valence-electron chi connectivity index (χ4n) is 0.926. The third-order valence-corrected chi connectivity index (χ3v) is 3.33. The second kappa shape index (κ2) is 4.86. The average molecular weight is 310 g/mol. The van der Waals surface area contributed by atoms with Crippen LogP contribution >= 0.6 is 28.4 Å². The Bertz CT molecular complexity index is 424. The quantitative estimate of drug-likeness (QED) is 0.601. The van der Waals surface area contributed by atoms with Crippen LogP contribution in [0.4, 0.5) is 4.39 Å². The first kappa shape index (κ1) is 10.9. The first-order valence-corrected chi connectivity index (χ1v) is 7.69. The Hall–Kier alpha value is -0.220.